The van der Waals surface area contributed by atoms with Crippen molar-refractivity contribution in [3.63, 3.8) is 0 Å². The number of methoxy groups -OCH3 is 1. The molecule has 1 aromatic rings. The fourth-order valence-corrected chi connectivity index (χ4v) is 1.91. The van der Waals surface area contributed by atoms with Crippen LogP contribution in [0.3, 0.4) is 0 Å². The minimum absolute atomic E-state index is 0.0473. The molecule has 0 amide bonds. The van der Waals surface area contributed by atoms with E-state index in [0.29, 0.717) is 18.4 Å². The van der Waals surface area contributed by atoms with Crippen molar-refractivity contribution in [3.05, 3.63) is 17.2 Å². The molecule has 0 aliphatic rings. The Morgan fingerprint density at radius 2 is 1.89 bits per heavy atom. The third-order valence-electron chi connectivity index (χ3n) is 2.88. The Morgan fingerprint density at radius 3 is 2.32 bits per heavy atom. The average molecular weight is 268 g/mol. The molecular weight excluding hydrogens is 248 g/mol. The van der Waals surface area contributed by atoms with Crippen molar-refractivity contribution in [3.8, 4) is 17.2 Å². The van der Waals surface area contributed by atoms with Crippen LogP contribution in [0.4, 0.5) is 0 Å². The molecule has 0 saturated heterocycles. The lowest BCUT2D eigenvalue weighted by Gasteiger charge is -2.20. The first-order valence-corrected chi connectivity index (χ1v) is 6.02. The van der Waals surface area contributed by atoms with Gasteiger partial charge < -0.3 is 20.1 Å². The Hall–Kier alpha value is -1.75. The fraction of sp³-hybridized carbons (Fsp3) is 0.500. The van der Waals surface area contributed by atoms with Crippen molar-refractivity contribution >= 4 is 5.78 Å². The summed E-state index contributed by atoms with van der Waals surface area (Å²) in [6, 6.07) is 1.12. The van der Waals surface area contributed by atoms with E-state index < -0.39 is 5.60 Å². The Kier molecular flexibility index (Phi) is 4.42. The van der Waals surface area contributed by atoms with Crippen molar-refractivity contribution in [2.24, 2.45) is 0 Å². The van der Waals surface area contributed by atoms with Crippen LogP contribution in [-0.4, -0.2) is 33.8 Å². The van der Waals surface area contributed by atoms with E-state index in [-0.39, 0.29) is 28.6 Å². The summed E-state index contributed by atoms with van der Waals surface area (Å²) in [6.45, 7) is 4.63. The van der Waals surface area contributed by atoms with Gasteiger partial charge in [-0.3, -0.25) is 4.79 Å². The van der Waals surface area contributed by atoms with Crippen molar-refractivity contribution in [1.82, 2.24) is 0 Å². The monoisotopic (exact) mass is 268 g/mol. The van der Waals surface area contributed by atoms with Crippen LogP contribution in [0.1, 0.15) is 43.1 Å². The summed E-state index contributed by atoms with van der Waals surface area (Å²) in [5.41, 5.74) is -0.440. The lowest BCUT2D eigenvalue weighted by molar-refractivity contribution is 0.0711. The van der Waals surface area contributed by atoms with Crippen LogP contribution in [-0.2, 0) is 6.42 Å². The third kappa shape index (κ3) is 3.61. The largest absolute Gasteiger partial charge is 0.507 e. The molecule has 0 radical (unpaired) electrons. The first kappa shape index (κ1) is 15.3. The minimum Gasteiger partial charge on any atom is -0.507 e. The van der Waals surface area contributed by atoms with E-state index in [9.17, 15) is 20.1 Å². The minimum atomic E-state index is -0.897. The molecule has 0 fully saturated rings. The van der Waals surface area contributed by atoms with Gasteiger partial charge in [-0.1, -0.05) is 0 Å². The van der Waals surface area contributed by atoms with Crippen molar-refractivity contribution in [2.75, 3.05) is 7.11 Å². The van der Waals surface area contributed by atoms with Gasteiger partial charge in [-0.15, -0.1) is 0 Å². The van der Waals surface area contributed by atoms with E-state index in [4.69, 9.17) is 4.74 Å². The molecule has 5 heteroatoms. The standard InChI is InChI=1S/C14H20O5/c1-8(15)12-11(17)7-10(16)9(13(12)19-4)5-6-14(2,3)18/h7,16-18H,5-6H2,1-4H3. The third-order valence-corrected chi connectivity index (χ3v) is 2.88. The van der Waals surface area contributed by atoms with Crippen molar-refractivity contribution in [1.29, 1.82) is 0 Å². The number of ketones is 1. The maximum absolute atomic E-state index is 11.5. The lowest BCUT2D eigenvalue weighted by atomic mass is 9.95. The van der Waals surface area contributed by atoms with Gasteiger partial charge in [-0.25, -0.2) is 0 Å². The summed E-state index contributed by atoms with van der Waals surface area (Å²) in [5.74, 6) is -0.648. The Labute approximate surface area is 112 Å². The maximum Gasteiger partial charge on any atom is 0.167 e. The first-order valence-electron chi connectivity index (χ1n) is 6.02. The number of Topliss-reactive ketones (excluding diaryl/α,β-unsaturated/α-hetero) is 1. The molecule has 19 heavy (non-hydrogen) atoms. The Balaban J connectivity index is 3.30. The number of hydrogen-bond acceptors (Lipinski definition) is 5. The number of aliphatic hydroxyl groups is 1. The lowest BCUT2D eigenvalue weighted by Crippen LogP contribution is -2.19. The van der Waals surface area contributed by atoms with E-state index in [1.54, 1.807) is 13.8 Å². The smallest absolute Gasteiger partial charge is 0.167 e. The SMILES string of the molecule is COc1c(CCC(C)(C)O)c(O)cc(O)c1C(C)=O. The second-order valence-corrected chi connectivity index (χ2v) is 5.17. The molecular formula is C14H20O5. The van der Waals surface area contributed by atoms with Gasteiger partial charge in [0.05, 0.1) is 12.7 Å². The zero-order valence-electron chi connectivity index (χ0n) is 11.6. The van der Waals surface area contributed by atoms with Crippen LogP contribution < -0.4 is 4.74 Å². The topological polar surface area (TPSA) is 87.0 Å². The quantitative estimate of drug-likeness (QED) is 0.711. The summed E-state index contributed by atoms with van der Waals surface area (Å²) in [6.07, 6.45) is 0.720. The van der Waals surface area contributed by atoms with E-state index in [2.05, 4.69) is 0 Å². The highest BCUT2D eigenvalue weighted by molar-refractivity contribution is 6.00. The van der Waals surface area contributed by atoms with E-state index in [1.165, 1.54) is 14.0 Å². The highest BCUT2D eigenvalue weighted by atomic mass is 16.5. The van der Waals surface area contributed by atoms with E-state index >= 15 is 0 Å². The van der Waals surface area contributed by atoms with Gasteiger partial charge >= 0.3 is 0 Å². The molecule has 106 valence electrons. The molecule has 0 heterocycles. The number of phenolic OH excluding ortho intramolecular Hbond substituents is 2. The molecule has 0 bridgehead atoms. The summed E-state index contributed by atoms with van der Waals surface area (Å²) >= 11 is 0. The molecule has 0 aromatic heterocycles. The zero-order valence-corrected chi connectivity index (χ0v) is 11.6. The summed E-state index contributed by atoms with van der Waals surface area (Å²) in [7, 11) is 1.37. The van der Waals surface area contributed by atoms with E-state index in [0.717, 1.165) is 6.07 Å². The van der Waals surface area contributed by atoms with Crippen LogP contribution in [0.15, 0.2) is 6.07 Å². The number of phenols is 2. The molecule has 0 unspecified atom stereocenters. The number of benzene rings is 1. The van der Waals surface area contributed by atoms with Crippen LogP contribution in [0, 0.1) is 0 Å². The van der Waals surface area contributed by atoms with E-state index in [1.807, 2.05) is 0 Å². The number of aromatic hydroxyl groups is 2. The molecule has 0 spiro atoms. The molecule has 0 aliphatic carbocycles. The predicted molar refractivity (Wildman–Crippen MR) is 70.9 cm³/mol. The van der Waals surface area contributed by atoms with Gasteiger partial charge in [0.1, 0.15) is 22.8 Å². The highest BCUT2D eigenvalue weighted by Crippen LogP contribution is 2.39. The second-order valence-electron chi connectivity index (χ2n) is 5.17. The van der Waals surface area contributed by atoms with Gasteiger partial charge in [0.2, 0.25) is 0 Å². The number of carbonyl (C=O) groups excluding carboxylic acids is 1. The van der Waals surface area contributed by atoms with Gasteiger partial charge in [0.15, 0.2) is 5.78 Å². The average Bonchev–Trinajstić information content (AvgIpc) is 2.24. The van der Waals surface area contributed by atoms with Crippen LogP contribution >= 0.6 is 0 Å². The number of hydrogen-bond donors (Lipinski definition) is 3. The molecule has 1 aromatic carbocycles. The zero-order chi connectivity index (χ0) is 14.8. The maximum atomic E-state index is 11.5. The van der Waals surface area contributed by atoms with Gasteiger partial charge in [-0.2, -0.15) is 0 Å². The highest BCUT2D eigenvalue weighted by Gasteiger charge is 2.23. The molecule has 0 aliphatic heterocycles. The Morgan fingerprint density at radius 1 is 1.32 bits per heavy atom. The van der Waals surface area contributed by atoms with Gasteiger partial charge in [0, 0.05) is 11.6 Å². The molecule has 3 N–H and O–H groups in total. The molecule has 0 atom stereocenters. The van der Waals surface area contributed by atoms with Crippen molar-refractivity contribution < 1.29 is 24.9 Å². The number of ether oxygens (including phenoxy) is 1. The van der Waals surface area contributed by atoms with Crippen molar-refractivity contribution in [2.45, 2.75) is 39.2 Å². The second kappa shape index (κ2) is 5.48. The predicted octanol–water partition coefficient (Wildman–Crippen LogP) is 2.01. The fourth-order valence-electron chi connectivity index (χ4n) is 1.91. The van der Waals surface area contributed by atoms with Crippen LogP contribution in [0.2, 0.25) is 0 Å². The molecule has 0 saturated carbocycles. The first-order chi connectivity index (χ1) is 8.67. The van der Waals surface area contributed by atoms with Gasteiger partial charge in [-0.05, 0) is 33.6 Å². The molecule has 5 nitrogen and oxygen atoms in total. The van der Waals surface area contributed by atoms with Gasteiger partial charge in [0.25, 0.3) is 0 Å². The summed E-state index contributed by atoms with van der Waals surface area (Å²) < 4.78 is 5.14. The summed E-state index contributed by atoms with van der Waals surface area (Å²) in [4.78, 5) is 11.5. The Bertz CT molecular complexity index is 486. The van der Waals surface area contributed by atoms with Crippen LogP contribution in [0.5, 0.6) is 17.2 Å². The number of rotatable bonds is 5. The number of carbonyl (C=O) groups is 1. The normalized spacial score (nSPS) is 11.4. The van der Waals surface area contributed by atoms with Crippen LogP contribution in [0.25, 0.3) is 0 Å². The molecule has 1 rings (SSSR count). The summed E-state index contributed by atoms with van der Waals surface area (Å²) in [5, 5.41) is 29.3.